The summed E-state index contributed by atoms with van der Waals surface area (Å²) in [5.41, 5.74) is 0.556. The summed E-state index contributed by atoms with van der Waals surface area (Å²) in [6, 6.07) is 9.67. The van der Waals surface area contributed by atoms with Crippen molar-refractivity contribution in [3.8, 4) is 11.5 Å². The van der Waals surface area contributed by atoms with Crippen molar-refractivity contribution in [1.29, 1.82) is 0 Å². The van der Waals surface area contributed by atoms with Crippen LogP contribution in [0.5, 0.6) is 11.5 Å². The van der Waals surface area contributed by atoms with Crippen LogP contribution in [-0.2, 0) is 6.42 Å². The van der Waals surface area contributed by atoms with Gasteiger partial charge in [0.2, 0.25) is 0 Å². The van der Waals surface area contributed by atoms with Gasteiger partial charge in [-0.3, -0.25) is 0 Å². The van der Waals surface area contributed by atoms with E-state index in [4.69, 9.17) is 4.42 Å². The second-order valence-corrected chi connectivity index (χ2v) is 5.78. The highest BCUT2D eigenvalue weighted by atomic mass is 16.4. The summed E-state index contributed by atoms with van der Waals surface area (Å²) in [7, 11) is 0. The molecule has 0 saturated heterocycles. The Morgan fingerprint density at radius 3 is 2.43 bits per heavy atom. The summed E-state index contributed by atoms with van der Waals surface area (Å²) < 4.78 is 5.28. The van der Waals surface area contributed by atoms with E-state index in [9.17, 15) is 15.0 Å². The smallest absolute Gasteiger partial charge is 0.339 e. The number of benzene rings is 1. The fourth-order valence-corrected chi connectivity index (χ4v) is 2.66. The van der Waals surface area contributed by atoms with Crippen molar-refractivity contribution in [2.24, 2.45) is 5.92 Å². The van der Waals surface area contributed by atoms with Gasteiger partial charge in [-0.25, -0.2) is 4.79 Å². The van der Waals surface area contributed by atoms with Crippen LogP contribution in [0, 0.1) is 5.92 Å². The monoisotopic (exact) mass is 286 g/mol. The van der Waals surface area contributed by atoms with Gasteiger partial charge in [0.1, 0.15) is 17.3 Å². The molecule has 110 valence electrons. The zero-order valence-electron chi connectivity index (χ0n) is 11.7. The van der Waals surface area contributed by atoms with E-state index in [2.05, 4.69) is 0 Å². The SMILES string of the molecule is O=c1cc(O)cc(C(Cc2ccc(O)cc2)CC2CC2)o1. The van der Waals surface area contributed by atoms with Crippen LogP contribution in [0.25, 0.3) is 0 Å². The van der Waals surface area contributed by atoms with Crippen LogP contribution in [0.2, 0.25) is 0 Å². The first-order valence-electron chi connectivity index (χ1n) is 7.22. The quantitative estimate of drug-likeness (QED) is 0.885. The van der Waals surface area contributed by atoms with Crippen molar-refractivity contribution in [2.45, 2.75) is 31.6 Å². The number of aromatic hydroxyl groups is 2. The highest BCUT2D eigenvalue weighted by molar-refractivity contribution is 5.28. The van der Waals surface area contributed by atoms with E-state index >= 15 is 0 Å². The molecule has 0 radical (unpaired) electrons. The van der Waals surface area contributed by atoms with Crippen LogP contribution in [0.4, 0.5) is 0 Å². The minimum Gasteiger partial charge on any atom is -0.508 e. The van der Waals surface area contributed by atoms with E-state index in [1.807, 2.05) is 12.1 Å². The number of phenolic OH excluding ortho intramolecular Hbond substituents is 1. The molecular weight excluding hydrogens is 268 g/mol. The molecule has 1 aliphatic carbocycles. The van der Waals surface area contributed by atoms with Crippen LogP contribution < -0.4 is 5.63 Å². The minimum atomic E-state index is -0.517. The summed E-state index contributed by atoms with van der Waals surface area (Å²) in [5.74, 6) is 1.48. The van der Waals surface area contributed by atoms with Crippen LogP contribution >= 0.6 is 0 Å². The van der Waals surface area contributed by atoms with Crippen LogP contribution in [0.3, 0.4) is 0 Å². The van der Waals surface area contributed by atoms with E-state index in [-0.39, 0.29) is 17.4 Å². The standard InChI is InChI=1S/C17H18O4/c18-14-5-3-12(4-6-14)8-13(7-11-1-2-11)16-9-15(19)10-17(20)21-16/h3-6,9-11,13,18-19H,1-2,7-8H2. The summed E-state index contributed by atoms with van der Waals surface area (Å²) in [5, 5.41) is 18.9. The van der Waals surface area contributed by atoms with Crippen LogP contribution in [0.1, 0.15) is 36.5 Å². The summed E-state index contributed by atoms with van der Waals surface area (Å²) in [6.07, 6.45) is 4.11. The van der Waals surface area contributed by atoms with Crippen molar-refractivity contribution in [3.63, 3.8) is 0 Å². The summed E-state index contributed by atoms with van der Waals surface area (Å²) in [4.78, 5) is 11.5. The van der Waals surface area contributed by atoms with Gasteiger partial charge in [0.15, 0.2) is 0 Å². The molecule has 0 bridgehead atoms. The van der Waals surface area contributed by atoms with Crippen LogP contribution in [0.15, 0.2) is 45.6 Å². The van der Waals surface area contributed by atoms with Gasteiger partial charge in [-0.15, -0.1) is 0 Å². The molecular formula is C17H18O4. The molecule has 0 amide bonds. The topological polar surface area (TPSA) is 70.7 Å². The predicted octanol–water partition coefficient (Wildman–Crippen LogP) is 3.18. The lowest BCUT2D eigenvalue weighted by Gasteiger charge is -2.16. The zero-order valence-corrected chi connectivity index (χ0v) is 11.7. The highest BCUT2D eigenvalue weighted by Crippen LogP contribution is 2.40. The Morgan fingerprint density at radius 2 is 1.81 bits per heavy atom. The van der Waals surface area contributed by atoms with E-state index in [1.165, 1.54) is 18.9 Å². The minimum absolute atomic E-state index is 0.0484. The van der Waals surface area contributed by atoms with Gasteiger partial charge in [0, 0.05) is 12.0 Å². The predicted molar refractivity (Wildman–Crippen MR) is 78.5 cm³/mol. The van der Waals surface area contributed by atoms with Gasteiger partial charge in [0.05, 0.1) is 6.07 Å². The number of rotatable bonds is 5. The first kappa shape index (κ1) is 13.7. The summed E-state index contributed by atoms with van der Waals surface area (Å²) >= 11 is 0. The molecule has 0 aliphatic heterocycles. The lowest BCUT2D eigenvalue weighted by Crippen LogP contribution is -2.08. The molecule has 1 atom stereocenters. The molecule has 2 N–H and O–H groups in total. The van der Waals surface area contributed by atoms with Crippen molar-refractivity contribution < 1.29 is 14.6 Å². The molecule has 21 heavy (non-hydrogen) atoms. The second-order valence-electron chi connectivity index (χ2n) is 5.78. The third kappa shape index (κ3) is 3.66. The van der Waals surface area contributed by atoms with E-state index in [0.29, 0.717) is 11.7 Å². The van der Waals surface area contributed by atoms with E-state index in [0.717, 1.165) is 24.5 Å². The molecule has 2 aromatic rings. The Bertz CT molecular complexity index is 668. The van der Waals surface area contributed by atoms with Crippen molar-refractivity contribution >= 4 is 0 Å². The number of hydrogen-bond acceptors (Lipinski definition) is 4. The first-order chi connectivity index (χ1) is 10.1. The maximum atomic E-state index is 11.5. The Balaban J connectivity index is 1.85. The second kappa shape index (κ2) is 5.64. The molecule has 0 spiro atoms. The molecule has 1 saturated carbocycles. The van der Waals surface area contributed by atoms with Gasteiger partial charge >= 0.3 is 5.63 Å². The Labute approximate surface area is 122 Å². The molecule has 4 nitrogen and oxygen atoms in total. The number of hydrogen-bond donors (Lipinski definition) is 2. The average molecular weight is 286 g/mol. The highest BCUT2D eigenvalue weighted by Gasteiger charge is 2.28. The van der Waals surface area contributed by atoms with Gasteiger partial charge in [-0.1, -0.05) is 25.0 Å². The largest absolute Gasteiger partial charge is 0.508 e. The van der Waals surface area contributed by atoms with Gasteiger partial charge in [-0.2, -0.15) is 0 Å². The lowest BCUT2D eigenvalue weighted by molar-refractivity contribution is 0.383. The lowest BCUT2D eigenvalue weighted by atomic mass is 9.91. The molecule has 1 heterocycles. The summed E-state index contributed by atoms with van der Waals surface area (Å²) in [6.45, 7) is 0. The molecule has 1 aromatic heterocycles. The molecule has 1 aromatic carbocycles. The molecule has 1 fully saturated rings. The van der Waals surface area contributed by atoms with Gasteiger partial charge < -0.3 is 14.6 Å². The van der Waals surface area contributed by atoms with Gasteiger partial charge in [0.25, 0.3) is 0 Å². The third-order valence-electron chi connectivity index (χ3n) is 3.91. The van der Waals surface area contributed by atoms with E-state index in [1.54, 1.807) is 12.1 Å². The van der Waals surface area contributed by atoms with Crippen molar-refractivity contribution in [1.82, 2.24) is 0 Å². The molecule has 3 rings (SSSR count). The van der Waals surface area contributed by atoms with Crippen molar-refractivity contribution in [3.05, 3.63) is 58.1 Å². The fraction of sp³-hybridized carbons (Fsp3) is 0.353. The average Bonchev–Trinajstić information content (AvgIpc) is 3.23. The zero-order chi connectivity index (χ0) is 14.8. The molecule has 1 aliphatic rings. The fourth-order valence-electron chi connectivity index (χ4n) is 2.66. The number of phenols is 1. The Morgan fingerprint density at radius 1 is 1.10 bits per heavy atom. The molecule has 4 heteroatoms. The molecule has 1 unspecified atom stereocenters. The first-order valence-corrected chi connectivity index (χ1v) is 7.22. The normalized spacial score (nSPS) is 15.8. The Kier molecular flexibility index (Phi) is 3.69. The maximum absolute atomic E-state index is 11.5. The van der Waals surface area contributed by atoms with Crippen molar-refractivity contribution in [2.75, 3.05) is 0 Å². The van der Waals surface area contributed by atoms with Gasteiger partial charge in [-0.05, 0) is 36.5 Å². The van der Waals surface area contributed by atoms with Crippen LogP contribution in [-0.4, -0.2) is 10.2 Å². The Hall–Kier alpha value is -2.23. The maximum Gasteiger partial charge on any atom is 0.339 e. The third-order valence-corrected chi connectivity index (χ3v) is 3.91. The van der Waals surface area contributed by atoms with E-state index < -0.39 is 5.63 Å².